The second-order valence-corrected chi connectivity index (χ2v) is 7.49. The van der Waals surface area contributed by atoms with E-state index in [9.17, 15) is 8.42 Å². The zero-order valence-corrected chi connectivity index (χ0v) is 14.1. The summed E-state index contributed by atoms with van der Waals surface area (Å²) in [6.07, 6.45) is 1.67. The third kappa shape index (κ3) is 3.83. The van der Waals surface area contributed by atoms with Gasteiger partial charge >= 0.3 is 0 Å². The van der Waals surface area contributed by atoms with Gasteiger partial charge in [0.2, 0.25) is 10.0 Å². The smallest absolute Gasteiger partial charge is 0.207 e. The Morgan fingerprint density at radius 1 is 1.10 bits per heavy atom. The van der Waals surface area contributed by atoms with Crippen LogP contribution in [0.2, 0.25) is 0 Å². The predicted octanol–water partition coefficient (Wildman–Crippen LogP) is 3.93. The Labute approximate surface area is 124 Å². The molecule has 0 bridgehead atoms. The Morgan fingerprint density at radius 2 is 1.65 bits per heavy atom. The van der Waals surface area contributed by atoms with Gasteiger partial charge in [0.25, 0.3) is 0 Å². The van der Waals surface area contributed by atoms with Crippen LogP contribution in [0.4, 0.5) is 0 Å². The molecule has 4 heteroatoms. The maximum absolute atomic E-state index is 12.7. The number of nitrogens with zero attached hydrogens (tertiary/aromatic N) is 1. The van der Waals surface area contributed by atoms with Gasteiger partial charge in [0.15, 0.2) is 0 Å². The molecule has 0 saturated carbocycles. The topological polar surface area (TPSA) is 37.4 Å². The van der Waals surface area contributed by atoms with E-state index in [4.69, 9.17) is 0 Å². The number of sulfonamides is 1. The average molecular weight is 297 g/mol. The maximum Gasteiger partial charge on any atom is 0.243 e. The fourth-order valence-electron chi connectivity index (χ4n) is 2.31. The first-order chi connectivity index (χ1) is 9.34. The molecule has 0 atom stereocenters. The number of benzene rings is 1. The van der Waals surface area contributed by atoms with Crippen molar-refractivity contribution in [3.63, 3.8) is 0 Å². The van der Waals surface area contributed by atoms with Gasteiger partial charge in [-0.2, -0.15) is 4.31 Å². The summed E-state index contributed by atoms with van der Waals surface area (Å²) in [6.45, 7) is 11.3. The molecule has 0 amide bonds. The molecule has 0 radical (unpaired) electrons. The first-order valence-corrected chi connectivity index (χ1v) is 8.89. The standard InChI is InChI=1S/C16H27NO2S/c1-6-10-17(11-7-2)20(18,19)16-9-8-15(13(3)4)12-14(16)5/h8-9,12-13H,6-7,10-11H2,1-5H3. The van der Waals surface area contributed by atoms with E-state index in [1.807, 2.05) is 32.9 Å². The van der Waals surface area contributed by atoms with Crippen molar-refractivity contribution in [3.8, 4) is 0 Å². The van der Waals surface area contributed by atoms with Gasteiger partial charge in [-0.05, 0) is 42.9 Å². The lowest BCUT2D eigenvalue weighted by Crippen LogP contribution is -2.33. The summed E-state index contributed by atoms with van der Waals surface area (Å²) in [5, 5.41) is 0. The molecule has 1 rings (SSSR count). The summed E-state index contributed by atoms with van der Waals surface area (Å²) >= 11 is 0. The molecule has 0 aliphatic carbocycles. The number of rotatable bonds is 7. The molecule has 0 N–H and O–H groups in total. The minimum atomic E-state index is -3.37. The van der Waals surface area contributed by atoms with Crippen LogP contribution in [-0.4, -0.2) is 25.8 Å². The second-order valence-electron chi connectivity index (χ2n) is 5.58. The lowest BCUT2D eigenvalue weighted by molar-refractivity contribution is 0.409. The third-order valence-electron chi connectivity index (χ3n) is 3.43. The quantitative estimate of drug-likeness (QED) is 0.764. The zero-order valence-electron chi connectivity index (χ0n) is 13.3. The van der Waals surface area contributed by atoms with E-state index in [1.165, 1.54) is 5.56 Å². The van der Waals surface area contributed by atoms with Crippen LogP contribution >= 0.6 is 0 Å². The van der Waals surface area contributed by atoms with E-state index in [0.717, 1.165) is 18.4 Å². The van der Waals surface area contributed by atoms with E-state index >= 15 is 0 Å². The van der Waals surface area contributed by atoms with Gasteiger partial charge < -0.3 is 0 Å². The highest BCUT2D eigenvalue weighted by atomic mass is 32.2. The van der Waals surface area contributed by atoms with E-state index in [2.05, 4.69) is 13.8 Å². The molecule has 1 aromatic rings. The van der Waals surface area contributed by atoms with Crippen molar-refractivity contribution in [3.05, 3.63) is 29.3 Å². The largest absolute Gasteiger partial charge is 0.243 e. The van der Waals surface area contributed by atoms with Crippen LogP contribution in [0, 0.1) is 6.92 Å². The van der Waals surface area contributed by atoms with Crippen molar-refractivity contribution in [2.75, 3.05) is 13.1 Å². The van der Waals surface area contributed by atoms with E-state index < -0.39 is 10.0 Å². The fourth-order valence-corrected chi connectivity index (χ4v) is 4.14. The first-order valence-electron chi connectivity index (χ1n) is 7.45. The van der Waals surface area contributed by atoms with Crippen molar-refractivity contribution in [1.29, 1.82) is 0 Å². The molecule has 1 aromatic carbocycles. The predicted molar refractivity (Wildman–Crippen MR) is 84.6 cm³/mol. The van der Waals surface area contributed by atoms with Crippen LogP contribution in [0.3, 0.4) is 0 Å². The van der Waals surface area contributed by atoms with Gasteiger partial charge in [0.1, 0.15) is 0 Å². The molecule has 3 nitrogen and oxygen atoms in total. The fraction of sp³-hybridized carbons (Fsp3) is 0.625. The van der Waals surface area contributed by atoms with Crippen LogP contribution in [0.5, 0.6) is 0 Å². The number of hydrogen-bond donors (Lipinski definition) is 0. The van der Waals surface area contributed by atoms with Crippen LogP contribution in [0.15, 0.2) is 23.1 Å². The molecular formula is C16H27NO2S. The Hall–Kier alpha value is -0.870. The zero-order chi connectivity index (χ0) is 15.3. The van der Waals surface area contributed by atoms with Crippen LogP contribution in [0.1, 0.15) is 57.6 Å². The van der Waals surface area contributed by atoms with E-state index in [0.29, 0.717) is 23.9 Å². The van der Waals surface area contributed by atoms with Crippen LogP contribution in [0.25, 0.3) is 0 Å². The molecule has 0 saturated heterocycles. The Kier molecular flexibility index (Phi) is 6.21. The second kappa shape index (κ2) is 7.23. The van der Waals surface area contributed by atoms with Crippen molar-refractivity contribution in [1.82, 2.24) is 4.31 Å². The SMILES string of the molecule is CCCN(CCC)S(=O)(=O)c1ccc(C(C)C)cc1C. The number of aryl methyl sites for hydroxylation is 1. The normalized spacial score (nSPS) is 12.3. The summed E-state index contributed by atoms with van der Waals surface area (Å²) < 4.78 is 27.1. The number of hydrogen-bond acceptors (Lipinski definition) is 2. The highest BCUT2D eigenvalue weighted by molar-refractivity contribution is 7.89. The molecule has 0 unspecified atom stereocenters. The molecule has 0 aliphatic heterocycles. The van der Waals surface area contributed by atoms with Gasteiger partial charge in [-0.25, -0.2) is 8.42 Å². The minimum absolute atomic E-state index is 0.410. The van der Waals surface area contributed by atoms with Crippen molar-refractivity contribution in [2.45, 2.75) is 58.3 Å². The van der Waals surface area contributed by atoms with Gasteiger partial charge in [-0.1, -0.05) is 39.8 Å². The van der Waals surface area contributed by atoms with Crippen LogP contribution < -0.4 is 0 Å². The maximum atomic E-state index is 12.7. The third-order valence-corrected chi connectivity index (χ3v) is 5.49. The molecule has 0 fully saturated rings. The van der Waals surface area contributed by atoms with Gasteiger partial charge in [0.05, 0.1) is 4.90 Å². The Bertz CT molecular complexity index is 529. The molecular weight excluding hydrogens is 270 g/mol. The highest BCUT2D eigenvalue weighted by Gasteiger charge is 2.24. The summed E-state index contributed by atoms with van der Waals surface area (Å²) in [4.78, 5) is 0.448. The molecule has 0 aromatic heterocycles. The van der Waals surface area contributed by atoms with Crippen molar-refractivity contribution in [2.24, 2.45) is 0 Å². The highest BCUT2D eigenvalue weighted by Crippen LogP contribution is 2.24. The minimum Gasteiger partial charge on any atom is -0.207 e. The lowest BCUT2D eigenvalue weighted by Gasteiger charge is -2.22. The molecule has 0 heterocycles. The van der Waals surface area contributed by atoms with E-state index in [1.54, 1.807) is 10.4 Å². The first kappa shape index (κ1) is 17.2. The molecule has 0 aliphatic rings. The molecule has 114 valence electrons. The summed E-state index contributed by atoms with van der Waals surface area (Å²) in [7, 11) is -3.37. The Morgan fingerprint density at radius 3 is 2.05 bits per heavy atom. The van der Waals surface area contributed by atoms with E-state index in [-0.39, 0.29) is 0 Å². The lowest BCUT2D eigenvalue weighted by atomic mass is 10.0. The summed E-state index contributed by atoms with van der Waals surface area (Å²) in [5.41, 5.74) is 2.02. The van der Waals surface area contributed by atoms with Crippen molar-refractivity contribution < 1.29 is 8.42 Å². The molecule has 0 spiro atoms. The average Bonchev–Trinajstić information content (AvgIpc) is 2.37. The van der Waals surface area contributed by atoms with Crippen LogP contribution in [-0.2, 0) is 10.0 Å². The summed E-state index contributed by atoms with van der Waals surface area (Å²) in [6, 6.07) is 5.69. The van der Waals surface area contributed by atoms with Crippen molar-refractivity contribution >= 4 is 10.0 Å². The van der Waals surface area contributed by atoms with Gasteiger partial charge in [-0.3, -0.25) is 0 Å². The molecule has 20 heavy (non-hydrogen) atoms. The van der Waals surface area contributed by atoms with Gasteiger partial charge in [-0.15, -0.1) is 0 Å². The monoisotopic (exact) mass is 297 g/mol. The van der Waals surface area contributed by atoms with Gasteiger partial charge in [0, 0.05) is 13.1 Å². The Balaban J connectivity index is 3.20. The summed E-state index contributed by atoms with van der Waals surface area (Å²) in [5.74, 6) is 0.410.